The monoisotopic (exact) mass is 428 g/mol. The molecule has 0 N–H and O–H groups in total. The van der Waals surface area contributed by atoms with E-state index in [2.05, 4.69) is 4.99 Å². The van der Waals surface area contributed by atoms with Crippen molar-refractivity contribution in [2.24, 2.45) is 4.99 Å². The van der Waals surface area contributed by atoms with Gasteiger partial charge in [0.15, 0.2) is 4.80 Å². The maximum absolute atomic E-state index is 14.7. The first-order valence-corrected chi connectivity index (χ1v) is 10.7. The van der Waals surface area contributed by atoms with Crippen molar-refractivity contribution in [2.45, 2.75) is 19.9 Å². The number of allylic oxidation sites excluding steroid dienone is 1. The molecule has 0 saturated heterocycles. The summed E-state index contributed by atoms with van der Waals surface area (Å²) in [6.45, 7) is 3.54. The Hall–Kier alpha value is -2.84. The van der Waals surface area contributed by atoms with E-state index in [9.17, 15) is 14.0 Å². The van der Waals surface area contributed by atoms with Gasteiger partial charge < -0.3 is 4.74 Å². The second-order valence-electron chi connectivity index (χ2n) is 6.34. The molecule has 0 spiro atoms. The van der Waals surface area contributed by atoms with Crippen LogP contribution in [0.4, 0.5) is 4.39 Å². The van der Waals surface area contributed by atoms with E-state index in [0.717, 1.165) is 4.88 Å². The van der Waals surface area contributed by atoms with Crippen molar-refractivity contribution in [1.29, 1.82) is 0 Å². The van der Waals surface area contributed by atoms with Crippen LogP contribution in [0, 0.1) is 5.82 Å². The lowest BCUT2D eigenvalue weighted by molar-refractivity contribution is -0.139. The zero-order valence-electron chi connectivity index (χ0n) is 15.7. The molecule has 1 aliphatic heterocycles. The minimum absolute atomic E-state index is 0.169. The first kappa shape index (κ1) is 19.5. The highest BCUT2D eigenvalue weighted by Crippen LogP contribution is 2.32. The second-order valence-corrected chi connectivity index (χ2v) is 8.33. The maximum Gasteiger partial charge on any atom is 0.338 e. The maximum atomic E-state index is 14.7. The molecule has 29 heavy (non-hydrogen) atoms. The number of halogens is 1. The van der Waals surface area contributed by atoms with Crippen molar-refractivity contribution in [1.82, 2.24) is 4.57 Å². The van der Waals surface area contributed by atoms with Gasteiger partial charge in [-0.3, -0.25) is 9.36 Å². The van der Waals surface area contributed by atoms with Gasteiger partial charge in [-0.05, 0) is 37.4 Å². The molecular formula is C21H17FN2O3S2. The number of thiophene rings is 1. The van der Waals surface area contributed by atoms with Crippen LogP contribution in [-0.2, 0) is 9.53 Å². The quantitative estimate of drug-likeness (QED) is 0.601. The molecule has 5 nitrogen and oxygen atoms in total. The third-order valence-corrected chi connectivity index (χ3v) is 6.34. The summed E-state index contributed by atoms with van der Waals surface area (Å²) in [6, 6.07) is 9.02. The second kappa shape index (κ2) is 7.88. The summed E-state index contributed by atoms with van der Waals surface area (Å²) >= 11 is 2.73. The van der Waals surface area contributed by atoms with Gasteiger partial charge in [0.2, 0.25) is 0 Å². The predicted octanol–water partition coefficient (Wildman–Crippen LogP) is 3.00. The van der Waals surface area contributed by atoms with Gasteiger partial charge in [-0.1, -0.05) is 35.6 Å². The van der Waals surface area contributed by atoms with Crippen LogP contribution in [0.25, 0.3) is 6.08 Å². The third kappa shape index (κ3) is 3.49. The van der Waals surface area contributed by atoms with Gasteiger partial charge in [0.05, 0.1) is 22.4 Å². The fraction of sp³-hybridized carbons (Fsp3) is 0.190. The summed E-state index contributed by atoms with van der Waals surface area (Å²) in [7, 11) is 0. The van der Waals surface area contributed by atoms with Crippen molar-refractivity contribution in [3.05, 3.63) is 89.0 Å². The average Bonchev–Trinajstić information content (AvgIpc) is 3.30. The number of ether oxygens (including phenoxy) is 1. The number of hydrogen-bond acceptors (Lipinski definition) is 6. The Morgan fingerprint density at radius 2 is 2.10 bits per heavy atom. The summed E-state index contributed by atoms with van der Waals surface area (Å²) in [5.41, 5.74) is 0.506. The molecule has 148 valence electrons. The highest BCUT2D eigenvalue weighted by Gasteiger charge is 2.34. The molecule has 0 fully saturated rings. The van der Waals surface area contributed by atoms with Crippen LogP contribution < -0.4 is 14.9 Å². The van der Waals surface area contributed by atoms with Crippen molar-refractivity contribution in [3.63, 3.8) is 0 Å². The van der Waals surface area contributed by atoms with E-state index in [1.807, 2.05) is 17.5 Å². The number of aromatic nitrogens is 1. The van der Waals surface area contributed by atoms with Crippen LogP contribution in [-0.4, -0.2) is 17.1 Å². The largest absolute Gasteiger partial charge is 0.463 e. The van der Waals surface area contributed by atoms with Gasteiger partial charge in [-0.25, -0.2) is 14.2 Å². The molecule has 0 bridgehead atoms. The Balaban J connectivity index is 2.00. The highest BCUT2D eigenvalue weighted by atomic mass is 32.1. The number of hydrogen-bond donors (Lipinski definition) is 0. The molecule has 0 aliphatic carbocycles. The number of benzene rings is 1. The van der Waals surface area contributed by atoms with Crippen molar-refractivity contribution < 1.29 is 13.9 Å². The van der Waals surface area contributed by atoms with E-state index in [1.54, 1.807) is 38.1 Å². The van der Waals surface area contributed by atoms with E-state index in [1.165, 1.54) is 33.3 Å². The van der Waals surface area contributed by atoms with Crippen molar-refractivity contribution in [2.75, 3.05) is 6.61 Å². The zero-order chi connectivity index (χ0) is 20.5. The lowest BCUT2D eigenvalue weighted by Crippen LogP contribution is -2.40. The Kier molecular flexibility index (Phi) is 5.29. The summed E-state index contributed by atoms with van der Waals surface area (Å²) in [5, 5.41) is 1.92. The van der Waals surface area contributed by atoms with Crippen molar-refractivity contribution >= 4 is 34.7 Å². The molecule has 8 heteroatoms. The van der Waals surface area contributed by atoms with Crippen LogP contribution in [0.2, 0.25) is 0 Å². The van der Waals surface area contributed by atoms with E-state index < -0.39 is 17.8 Å². The topological polar surface area (TPSA) is 60.7 Å². The Bertz CT molecular complexity index is 1290. The fourth-order valence-corrected chi connectivity index (χ4v) is 5.05. The molecule has 3 heterocycles. The number of carbonyl (C=O) groups is 1. The molecule has 0 saturated carbocycles. The highest BCUT2D eigenvalue weighted by molar-refractivity contribution is 7.11. The molecular weight excluding hydrogens is 411 g/mol. The van der Waals surface area contributed by atoms with Gasteiger partial charge >= 0.3 is 5.97 Å². The van der Waals surface area contributed by atoms with E-state index in [0.29, 0.717) is 15.0 Å². The molecule has 0 amide bonds. The molecule has 3 aromatic rings. The number of rotatable bonds is 4. The predicted molar refractivity (Wildman–Crippen MR) is 111 cm³/mol. The number of esters is 1. The SMILES string of the molecule is CCOC(=O)C1=C(C)N=c2s/c(=C/c3cccs3)c(=O)n2[C@@H]1c1ccccc1F. The fourth-order valence-electron chi connectivity index (χ4n) is 3.29. The number of thiazole rings is 1. The van der Waals surface area contributed by atoms with Gasteiger partial charge in [0.1, 0.15) is 11.9 Å². The summed E-state index contributed by atoms with van der Waals surface area (Å²) < 4.78 is 21.8. The van der Waals surface area contributed by atoms with Crippen LogP contribution in [0.3, 0.4) is 0 Å². The van der Waals surface area contributed by atoms with Crippen molar-refractivity contribution in [3.8, 4) is 0 Å². The van der Waals surface area contributed by atoms with E-state index in [4.69, 9.17) is 4.74 Å². The van der Waals surface area contributed by atoms with E-state index >= 15 is 0 Å². The molecule has 1 atom stereocenters. The first-order chi connectivity index (χ1) is 14.0. The number of nitrogens with zero attached hydrogens (tertiary/aromatic N) is 2. The molecule has 0 unspecified atom stereocenters. The average molecular weight is 429 g/mol. The zero-order valence-corrected chi connectivity index (χ0v) is 17.3. The molecule has 2 aromatic heterocycles. The van der Waals surface area contributed by atoms with Crippen LogP contribution in [0.5, 0.6) is 0 Å². The first-order valence-electron chi connectivity index (χ1n) is 8.99. The number of carbonyl (C=O) groups excluding carboxylic acids is 1. The van der Waals surface area contributed by atoms with E-state index in [-0.39, 0.29) is 23.3 Å². The lowest BCUT2D eigenvalue weighted by atomic mass is 9.95. The van der Waals surface area contributed by atoms with Gasteiger partial charge in [-0.15, -0.1) is 11.3 Å². The minimum atomic E-state index is -0.933. The molecule has 1 aliphatic rings. The minimum Gasteiger partial charge on any atom is -0.463 e. The summed E-state index contributed by atoms with van der Waals surface area (Å²) in [4.78, 5) is 31.8. The standard InChI is InChI=1S/C21H17FN2O3S2/c1-3-27-20(26)17-12(2)23-21-24(18(17)14-8-4-5-9-15(14)22)19(25)16(29-21)11-13-7-6-10-28-13/h4-11,18H,3H2,1-2H3/b16-11+/t18-/m1/s1. The van der Waals surface area contributed by atoms with Gasteiger partial charge in [0.25, 0.3) is 5.56 Å². The third-order valence-electron chi connectivity index (χ3n) is 4.53. The summed E-state index contributed by atoms with van der Waals surface area (Å²) in [6.07, 6.45) is 1.79. The molecule has 4 rings (SSSR count). The smallest absolute Gasteiger partial charge is 0.338 e. The molecule has 1 aromatic carbocycles. The van der Waals surface area contributed by atoms with Gasteiger partial charge in [0, 0.05) is 10.4 Å². The van der Waals surface area contributed by atoms with Crippen LogP contribution in [0.15, 0.2) is 62.8 Å². The lowest BCUT2D eigenvalue weighted by Gasteiger charge is -2.24. The summed E-state index contributed by atoms with van der Waals surface area (Å²) in [5.74, 6) is -1.10. The Labute approximate surface area is 173 Å². The van der Waals surface area contributed by atoms with Crippen LogP contribution >= 0.6 is 22.7 Å². The molecule has 0 radical (unpaired) electrons. The Morgan fingerprint density at radius 3 is 2.79 bits per heavy atom. The van der Waals surface area contributed by atoms with Gasteiger partial charge in [-0.2, -0.15) is 0 Å². The normalized spacial score (nSPS) is 16.5. The Morgan fingerprint density at radius 1 is 1.31 bits per heavy atom. The van der Waals surface area contributed by atoms with Crippen LogP contribution in [0.1, 0.15) is 30.3 Å². The number of fused-ring (bicyclic) bond motifs is 1.